The molecule has 1 nitrogen and oxygen atoms in total. The van der Waals surface area contributed by atoms with E-state index in [0.717, 1.165) is 39.3 Å². The van der Waals surface area contributed by atoms with Gasteiger partial charge in [-0.2, -0.15) is 0 Å². The molecule has 0 saturated heterocycles. The number of hydrogen-bond acceptors (Lipinski definition) is 1. The second kappa shape index (κ2) is 5.44. The summed E-state index contributed by atoms with van der Waals surface area (Å²) in [5.74, 6) is 3.95. The second-order valence-corrected chi connectivity index (χ2v) is 8.16. The van der Waals surface area contributed by atoms with Crippen LogP contribution in [0.15, 0.2) is 18.2 Å². The van der Waals surface area contributed by atoms with Gasteiger partial charge < -0.3 is 5.32 Å². The Morgan fingerprint density at radius 3 is 2.76 bits per heavy atom. The van der Waals surface area contributed by atoms with Crippen LogP contribution in [0.25, 0.3) is 0 Å². The fourth-order valence-corrected chi connectivity index (χ4v) is 5.98. The van der Waals surface area contributed by atoms with E-state index < -0.39 is 0 Å². The highest BCUT2D eigenvalue weighted by Gasteiger charge is 2.53. The topological polar surface area (TPSA) is 12.0 Å². The number of nitrogens with one attached hydrogen (secondary N) is 1. The van der Waals surface area contributed by atoms with Crippen LogP contribution in [0.2, 0.25) is 10.0 Å². The fourth-order valence-electron chi connectivity index (χ4n) is 5.52. The van der Waals surface area contributed by atoms with Gasteiger partial charge in [0.05, 0.1) is 0 Å². The zero-order valence-corrected chi connectivity index (χ0v) is 14.0. The lowest BCUT2D eigenvalue weighted by molar-refractivity contribution is 0.200. The molecule has 3 heteroatoms. The molecule has 4 rings (SSSR count). The molecule has 114 valence electrons. The van der Waals surface area contributed by atoms with Crippen LogP contribution in [0.3, 0.4) is 0 Å². The predicted octanol–water partition coefficient (Wildman–Crippen LogP) is 5.47. The molecule has 21 heavy (non-hydrogen) atoms. The Labute approximate surface area is 137 Å². The van der Waals surface area contributed by atoms with Gasteiger partial charge >= 0.3 is 0 Å². The maximum Gasteiger partial charge on any atom is 0.0454 e. The standard InChI is InChI=1S/C18H23Cl2N/c1-10(15-9-12(19)5-6-17(15)20)21-18-8-11-7-16(18)14-4-2-3-13(11)14/h5-6,9-11,13-14,16,18,21H,2-4,7-8H2,1H3. The third-order valence-corrected chi connectivity index (χ3v) is 6.90. The van der Waals surface area contributed by atoms with Crippen LogP contribution in [0, 0.1) is 23.7 Å². The van der Waals surface area contributed by atoms with Gasteiger partial charge in [-0.25, -0.2) is 0 Å². The minimum absolute atomic E-state index is 0.278. The molecule has 2 bridgehead atoms. The van der Waals surface area contributed by atoms with Gasteiger partial charge in [-0.3, -0.25) is 0 Å². The van der Waals surface area contributed by atoms with Crippen LogP contribution in [-0.4, -0.2) is 6.04 Å². The lowest BCUT2D eigenvalue weighted by Gasteiger charge is -2.34. The van der Waals surface area contributed by atoms with Crippen LogP contribution in [0.4, 0.5) is 0 Å². The normalized spacial score (nSPS) is 38.7. The lowest BCUT2D eigenvalue weighted by atomic mass is 9.79. The van der Waals surface area contributed by atoms with Crippen LogP contribution in [-0.2, 0) is 0 Å². The minimum Gasteiger partial charge on any atom is -0.307 e. The van der Waals surface area contributed by atoms with Crippen molar-refractivity contribution in [3.05, 3.63) is 33.8 Å². The van der Waals surface area contributed by atoms with Crippen molar-refractivity contribution in [1.82, 2.24) is 5.32 Å². The Hall–Kier alpha value is -0.240. The number of benzene rings is 1. The molecule has 3 fully saturated rings. The molecule has 0 aliphatic heterocycles. The fraction of sp³-hybridized carbons (Fsp3) is 0.667. The van der Waals surface area contributed by atoms with Gasteiger partial charge in [0.2, 0.25) is 0 Å². The second-order valence-electron chi connectivity index (χ2n) is 7.31. The monoisotopic (exact) mass is 323 g/mol. The number of hydrogen-bond donors (Lipinski definition) is 1. The molecule has 0 aromatic heterocycles. The average Bonchev–Trinajstić information content (AvgIpc) is 3.13. The Kier molecular flexibility index (Phi) is 3.72. The predicted molar refractivity (Wildman–Crippen MR) is 88.8 cm³/mol. The summed E-state index contributed by atoms with van der Waals surface area (Å²) < 4.78 is 0. The van der Waals surface area contributed by atoms with E-state index in [1.807, 2.05) is 18.2 Å². The third kappa shape index (κ3) is 2.42. The molecule has 0 heterocycles. The maximum atomic E-state index is 6.35. The van der Waals surface area contributed by atoms with Gasteiger partial charge in [0.15, 0.2) is 0 Å². The van der Waals surface area contributed by atoms with E-state index in [9.17, 15) is 0 Å². The molecule has 1 aromatic carbocycles. The number of fused-ring (bicyclic) bond motifs is 5. The smallest absolute Gasteiger partial charge is 0.0454 e. The van der Waals surface area contributed by atoms with Crippen LogP contribution < -0.4 is 5.32 Å². The summed E-state index contributed by atoms with van der Waals surface area (Å²) in [5.41, 5.74) is 1.13. The van der Waals surface area contributed by atoms with Crippen molar-refractivity contribution in [2.24, 2.45) is 23.7 Å². The minimum atomic E-state index is 0.278. The van der Waals surface area contributed by atoms with Crippen molar-refractivity contribution in [3.8, 4) is 0 Å². The molecule has 3 aliphatic rings. The molecular formula is C18H23Cl2N. The van der Waals surface area contributed by atoms with Gasteiger partial charge in [0.25, 0.3) is 0 Å². The van der Waals surface area contributed by atoms with E-state index >= 15 is 0 Å². The molecule has 0 amide bonds. The van der Waals surface area contributed by atoms with Gasteiger partial charge in [0.1, 0.15) is 0 Å². The maximum absolute atomic E-state index is 6.35. The van der Waals surface area contributed by atoms with Crippen molar-refractivity contribution >= 4 is 23.2 Å². The quantitative estimate of drug-likeness (QED) is 0.777. The molecule has 6 atom stereocenters. The first-order valence-electron chi connectivity index (χ1n) is 8.34. The first-order chi connectivity index (χ1) is 10.1. The van der Waals surface area contributed by atoms with Crippen LogP contribution in [0.5, 0.6) is 0 Å². The zero-order chi connectivity index (χ0) is 14.6. The third-order valence-electron chi connectivity index (χ3n) is 6.32. The first-order valence-corrected chi connectivity index (χ1v) is 9.10. The van der Waals surface area contributed by atoms with Crippen LogP contribution >= 0.6 is 23.2 Å². The molecule has 0 radical (unpaired) electrons. The van der Waals surface area contributed by atoms with Crippen molar-refractivity contribution in [2.45, 2.75) is 51.1 Å². The number of rotatable bonds is 3. The highest BCUT2D eigenvalue weighted by atomic mass is 35.5. The summed E-state index contributed by atoms with van der Waals surface area (Å²) in [6.07, 6.45) is 7.26. The van der Waals surface area contributed by atoms with Gasteiger partial charge in [-0.1, -0.05) is 29.6 Å². The van der Waals surface area contributed by atoms with Gasteiger partial charge in [0, 0.05) is 22.1 Å². The van der Waals surface area contributed by atoms with E-state index in [0.29, 0.717) is 6.04 Å². The largest absolute Gasteiger partial charge is 0.307 e. The summed E-state index contributed by atoms with van der Waals surface area (Å²) in [6.45, 7) is 2.22. The van der Waals surface area contributed by atoms with Crippen molar-refractivity contribution in [3.63, 3.8) is 0 Å². The van der Waals surface area contributed by atoms with Crippen molar-refractivity contribution < 1.29 is 0 Å². The van der Waals surface area contributed by atoms with Crippen molar-refractivity contribution in [1.29, 1.82) is 0 Å². The summed E-state index contributed by atoms with van der Waals surface area (Å²) in [5, 5.41) is 5.46. The van der Waals surface area contributed by atoms with E-state index in [-0.39, 0.29) is 6.04 Å². The molecular weight excluding hydrogens is 301 g/mol. The summed E-state index contributed by atoms with van der Waals surface area (Å²) in [6, 6.07) is 6.74. The molecule has 1 aromatic rings. The highest BCUT2D eigenvalue weighted by Crippen LogP contribution is 2.58. The molecule has 3 aliphatic carbocycles. The first kappa shape index (κ1) is 14.4. The Bertz CT molecular complexity index is 544. The summed E-state index contributed by atoms with van der Waals surface area (Å²) in [4.78, 5) is 0. The Morgan fingerprint density at radius 2 is 1.90 bits per heavy atom. The van der Waals surface area contributed by atoms with E-state index in [2.05, 4.69) is 12.2 Å². The van der Waals surface area contributed by atoms with E-state index in [1.165, 1.54) is 32.1 Å². The lowest BCUT2D eigenvalue weighted by Crippen LogP contribution is -2.40. The highest BCUT2D eigenvalue weighted by molar-refractivity contribution is 6.33. The summed E-state index contributed by atoms with van der Waals surface area (Å²) in [7, 11) is 0. The Balaban J connectivity index is 1.48. The van der Waals surface area contributed by atoms with E-state index in [1.54, 1.807) is 0 Å². The molecule has 1 N–H and O–H groups in total. The SMILES string of the molecule is CC(NC1CC2CC1C1CCCC21)c1cc(Cl)ccc1Cl. The molecule has 6 unspecified atom stereocenters. The average molecular weight is 324 g/mol. The van der Waals surface area contributed by atoms with Gasteiger partial charge in [-0.15, -0.1) is 0 Å². The van der Waals surface area contributed by atoms with Gasteiger partial charge in [-0.05, 0) is 80.0 Å². The van der Waals surface area contributed by atoms with E-state index in [4.69, 9.17) is 23.2 Å². The summed E-state index contributed by atoms with van der Waals surface area (Å²) >= 11 is 12.5. The van der Waals surface area contributed by atoms with Crippen molar-refractivity contribution in [2.75, 3.05) is 0 Å². The number of halogens is 2. The zero-order valence-electron chi connectivity index (χ0n) is 12.5. The Morgan fingerprint density at radius 1 is 1.10 bits per heavy atom. The van der Waals surface area contributed by atoms with Crippen LogP contribution in [0.1, 0.15) is 50.6 Å². The molecule has 0 spiro atoms. The molecule has 3 saturated carbocycles.